The lowest BCUT2D eigenvalue weighted by Gasteiger charge is -2.60. The smallest absolute Gasteiger partial charge is 0.136 e. The maximum absolute atomic E-state index is 9.75. The van der Waals surface area contributed by atoms with Crippen molar-refractivity contribution in [2.75, 3.05) is 6.61 Å². The predicted octanol–water partition coefficient (Wildman–Crippen LogP) is 3.63. The van der Waals surface area contributed by atoms with Crippen LogP contribution in [-0.2, 0) is 11.2 Å². The lowest BCUT2D eigenvalue weighted by atomic mass is 9.51. The van der Waals surface area contributed by atoms with Gasteiger partial charge in [0.2, 0.25) is 0 Å². The molecule has 5 rings (SSSR count). The van der Waals surface area contributed by atoms with Gasteiger partial charge in [-0.2, -0.15) is 0 Å². The third kappa shape index (κ3) is 1.33. The van der Waals surface area contributed by atoms with Crippen molar-refractivity contribution in [3.05, 3.63) is 29.3 Å². The van der Waals surface area contributed by atoms with Crippen molar-refractivity contribution in [1.82, 2.24) is 0 Å². The van der Waals surface area contributed by atoms with Gasteiger partial charge in [0.15, 0.2) is 0 Å². The quantitative estimate of drug-likeness (QED) is 0.740. The SMILES string of the molecule is C#C[C@]12CC[C@H]3[C@@H]4CCc5cc(O)ccc5[C@H]4CC[C@@]31CO2. The summed E-state index contributed by atoms with van der Waals surface area (Å²) in [6.45, 7) is 0.882. The van der Waals surface area contributed by atoms with Crippen molar-refractivity contribution >= 4 is 0 Å². The van der Waals surface area contributed by atoms with Crippen LogP contribution in [0, 0.1) is 29.6 Å². The largest absolute Gasteiger partial charge is 0.508 e. The Hall–Kier alpha value is -1.46. The molecule has 1 spiro atoms. The average Bonchev–Trinajstić information content (AvgIpc) is 2.75. The molecule has 1 aliphatic heterocycles. The molecule has 4 aliphatic rings. The summed E-state index contributed by atoms with van der Waals surface area (Å²) < 4.78 is 5.95. The molecule has 0 bridgehead atoms. The van der Waals surface area contributed by atoms with Gasteiger partial charge in [0.1, 0.15) is 11.4 Å². The van der Waals surface area contributed by atoms with E-state index in [-0.39, 0.29) is 11.0 Å². The molecule has 1 aromatic carbocycles. The van der Waals surface area contributed by atoms with Crippen LogP contribution >= 0.6 is 0 Å². The highest BCUT2D eigenvalue weighted by Crippen LogP contribution is 2.69. The van der Waals surface area contributed by atoms with E-state index in [0.717, 1.165) is 31.3 Å². The van der Waals surface area contributed by atoms with Gasteiger partial charge in [-0.25, -0.2) is 0 Å². The zero-order valence-corrected chi connectivity index (χ0v) is 12.8. The number of benzene rings is 1. The molecule has 22 heavy (non-hydrogen) atoms. The van der Waals surface area contributed by atoms with E-state index in [9.17, 15) is 5.11 Å². The van der Waals surface area contributed by atoms with Crippen molar-refractivity contribution in [2.24, 2.45) is 17.3 Å². The maximum atomic E-state index is 9.75. The number of aromatic hydroxyl groups is 1. The maximum Gasteiger partial charge on any atom is 0.136 e. The zero-order chi connectivity index (χ0) is 14.9. The first kappa shape index (κ1) is 13.0. The third-order valence-electron chi connectivity index (χ3n) is 7.34. The van der Waals surface area contributed by atoms with E-state index in [2.05, 4.69) is 12.0 Å². The fourth-order valence-electron chi connectivity index (χ4n) is 6.32. The molecule has 2 nitrogen and oxygen atoms in total. The van der Waals surface area contributed by atoms with Gasteiger partial charge in [-0.1, -0.05) is 12.0 Å². The number of phenolic OH excluding ortho intramolecular Hbond substituents is 1. The second-order valence-electron chi connectivity index (χ2n) is 7.79. The van der Waals surface area contributed by atoms with Crippen molar-refractivity contribution in [3.63, 3.8) is 0 Å². The van der Waals surface area contributed by atoms with Crippen LogP contribution in [0.5, 0.6) is 5.75 Å². The van der Waals surface area contributed by atoms with Crippen molar-refractivity contribution < 1.29 is 9.84 Å². The van der Waals surface area contributed by atoms with Crippen LogP contribution in [0.15, 0.2) is 18.2 Å². The van der Waals surface area contributed by atoms with Crippen LogP contribution in [0.1, 0.15) is 49.1 Å². The van der Waals surface area contributed by atoms with Crippen molar-refractivity contribution in [3.8, 4) is 18.1 Å². The highest BCUT2D eigenvalue weighted by molar-refractivity contribution is 5.41. The van der Waals surface area contributed by atoms with Crippen molar-refractivity contribution in [1.29, 1.82) is 0 Å². The summed E-state index contributed by atoms with van der Waals surface area (Å²) in [6, 6.07) is 6.00. The zero-order valence-electron chi connectivity index (χ0n) is 12.8. The van der Waals surface area contributed by atoms with Gasteiger partial charge in [0.05, 0.1) is 6.61 Å². The summed E-state index contributed by atoms with van der Waals surface area (Å²) in [7, 11) is 0. The third-order valence-corrected chi connectivity index (χ3v) is 7.34. The molecule has 2 saturated carbocycles. The Kier molecular flexibility index (Phi) is 2.42. The predicted molar refractivity (Wildman–Crippen MR) is 84.6 cm³/mol. The number of ether oxygens (including phenoxy) is 1. The lowest BCUT2D eigenvalue weighted by molar-refractivity contribution is -0.250. The van der Waals surface area contributed by atoms with Gasteiger partial charge in [0, 0.05) is 5.41 Å². The topological polar surface area (TPSA) is 29.5 Å². The van der Waals surface area contributed by atoms with E-state index >= 15 is 0 Å². The fourth-order valence-corrected chi connectivity index (χ4v) is 6.32. The average molecular weight is 294 g/mol. The molecule has 3 fully saturated rings. The molecule has 2 heteroatoms. The first-order valence-corrected chi connectivity index (χ1v) is 8.63. The number of hydrogen-bond donors (Lipinski definition) is 1. The van der Waals surface area contributed by atoms with Crippen LogP contribution < -0.4 is 0 Å². The molecular weight excluding hydrogens is 272 g/mol. The van der Waals surface area contributed by atoms with Crippen molar-refractivity contribution in [2.45, 2.75) is 50.0 Å². The number of hydrogen-bond acceptors (Lipinski definition) is 2. The van der Waals surface area contributed by atoms with Crippen LogP contribution in [0.3, 0.4) is 0 Å². The Morgan fingerprint density at radius 3 is 2.91 bits per heavy atom. The molecule has 3 aliphatic carbocycles. The van der Waals surface area contributed by atoms with E-state index in [1.807, 2.05) is 12.1 Å². The highest BCUT2D eigenvalue weighted by Gasteiger charge is 2.70. The van der Waals surface area contributed by atoms with Crippen LogP contribution in [-0.4, -0.2) is 17.3 Å². The number of rotatable bonds is 0. The molecule has 1 N–H and O–H groups in total. The minimum absolute atomic E-state index is 0.238. The first-order valence-electron chi connectivity index (χ1n) is 8.63. The molecule has 0 aromatic heterocycles. The molecule has 1 aromatic rings. The van der Waals surface area contributed by atoms with Gasteiger partial charge in [-0.3, -0.25) is 0 Å². The van der Waals surface area contributed by atoms with Gasteiger partial charge in [0.25, 0.3) is 0 Å². The molecule has 1 heterocycles. The summed E-state index contributed by atoms with van der Waals surface area (Å²) in [6.07, 6.45) is 12.9. The number of terminal acetylenes is 1. The summed E-state index contributed by atoms with van der Waals surface area (Å²) in [4.78, 5) is 0. The molecule has 114 valence electrons. The summed E-state index contributed by atoms with van der Waals surface area (Å²) in [5, 5.41) is 9.75. The first-order chi connectivity index (χ1) is 10.7. The molecule has 0 unspecified atom stereocenters. The highest BCUT2D eigenvalue weighted by atomic mass is 16.5. The van der Waals surface area contributed by atoms with Gasteiger partial charge >= 0.3 is 0 Å². The summed E-state index contributed by atoms with van der Waals surface area (Å²) >= 11 is 0. The van der Waals surface area contributed by atoms with Gasteiger partial charge < -0.3 is 9.84 Å². The minimum atomic E-state index is -0.238. The van der Waals surface area contributed by atoms with Gasteiger partial charge in [-0.05, 0) is 79.5 Å². The number of phenols is 1. The molecular formula is C20H22O2. The molecule has 0 amide bonds. The number of fused-ring (bicyclic) bond motifs is 4. The van der Waals surface area contributed by atoms with E-state index in [1.54, 1.807) is 0 Å². The van der Waals surface area contributed by atoms with E-state index in [4.69, 9.17) is 11.2 Å². The Balaban J connectivity index is 1.54. The fraction of sp³-hybridized carbons (Fsp3) is 0.600. The molecule has 5 atom stereocenters. The molecule has 0 radical (unpaired) electrons. The summed E-state index contributed by atoms with van der Waals surface area (Å²) in [5.74, 6) is 5.59. The second-order valence-corrected chi connectivity index (χ2v) is 7.79. The molecule has 1 saturated heterocycles. The Morgan fingerprint density at radius 2 is 2.14 bits per heavy atom. The van der Waals surface area contributed by atoms with Gasteiger partial charge in [-0.15, -0.1) is 6.42 Å². The van der Waals surface area contributed by atoms with Crippen LogP contribution in [0.2, 0.25) is 0 Å². The van der Waals surface area contributed by atoms with E-state index < -0.39 is 0 Å². The monoisotopic (exact) mass is 294 g/mol. The Morgan fingerprint density at radius 1 is 1.23 bits per heavy atom. The van der Waals surface area contributed by atoms with Crippen LogP contribution in [0.25, 0.3) is 0 Å². The second kappa shape index (κ2) is 4.09. The standard InChI is InChI=1S/C20H22O2/c1-2-20-10-8-18-17-5-3-13-11-14(21)4-6-15(13)16(17)7-9-19(18,20)12-22-20/h1,4,6,11,16-18,21H,3,5,7-10,12H2/t16-,17-,18+,19-,20+/m1/s1. The Labute approximate surface area is 131 Å². The summed E-state index contributed by atoms with van der Waals surface area (Å²) in [5.41, 5.74) is 2.89. The Bertz CT molecular complexity index is 687. The number of aryl methyl sites for hydroxylation is 1. The minimum Gasteiger partial charge on any atom is -0.508 e. The van der Waals surface area contributed by atoms with E-state index in [0.29, 0.717) is 11.7 Å². The van der Waals surface area contributed by atoms with E-state index in [1.165, 1.54) is 36.8 Å². The lowest BCUT2D eigenvalue weighted by Crippen LogP contribution is -2.64. The van der Waals surface area contributed by atoms with Crippen LogP contribution in [0.4, 0.5) is 0 Å². The normalized spacial score (nSPS) is 44.8.